The standard InChI is InChI=1S/C20H22N4OS/c25-19(7-6-18-14-21-20-24(18)12-13-26-20)22-17-8-10-23(11-9-17)15-16-4-2-1-3-5-16/h1-7,12-14,17H,8-11,15H2,(H,22,25)/b7-6+. The van der Waals surface area contributed by atoms with Gasteiger partial charge >= 0.3 is 0 Å². The van der Waals surface area contributed by atoms with Crippen LogP contribution in [0.1, 0.15) is 24.1 Å². The number of carbonyl (C=O) groups excluding carboxylic acids is 1. The van der Waals surface area contributed by atoms with Crippen LogP contribution in [0.4, 0.5) is 0 Å². The summed E-state index contributed by atoms with van der Waals surface area (Å²) in [6, 6.07) is 10.8. The molecular weight excluding hydrogens is 344 g/mol. The summed E-state index contributed by atoms with van der Waals surface area (Å²) in [6.45, 7) is 3.02. The fraction of sp³-hybridized carbons (Fsp3) is 0.300. The van der Waals surface area contributed by atoms with Gasteiger partial charge in [-0.25, -0.2) is 4.98 Å². The van der Waals surface area contributed by atoms with Crippen LogP contribution in [0.25, 0.3) is 11.0 Å². The third-order valence-corrected chi connectivity index (χ3v) is 5.53. The molecule has 1 aromatic carbocycles. The van der Waals surface area contributed by atoms with Crippen LogP contribution >= 0.6 is 11.3 Å². The SMILES string of the molecule is O=C(/C=C/c1cnc2sccn12)NC1CCN(Cc2ccccc2)CC1. The van der Waals surface area contributed by atoms with Crippen molar-refractivity contribution in [3.63, 3.8) is 0 Å². The Morgan fingerprint density at radius 2 is 2.08 bits per heavy atom. The highest BCUT2D eigenvalue weighted by Crippen LogP contribution is 2.15. The summed E-state index contributed by atoms with van der Waals surface area (Å²) >= 11 is 1.58. The van der Waals surface area contributed by atoms with E-state index in [9.17, 15) is 4.79 Å². The summed E-state index contributed by atoms with van der Waals surface area (Å²) in [4.78, 5) is 19.9. The molecule has 2 aromatic heterocycles. The molecule has 1 amide bonds. The lowest BCUT2D eigenvalue weighted by atomic mass is 10.0. The van der Waals surface area contributed by atoms with E-state index in [1.54, 1.807) is 23.6 Å². The lowest BCUT2D eigenvalue weighted by Gasteiger charge is -2.32. The van der Waals surface area contributed by atoms with E-state index in [0.29, 0.717) is 0 Å². The van der Waals surface area contributed by atoms with Crippen LogP contribution in [0.3, 0.4) is 0 Å². The normalized spacial score (nSPS) is 16.5. The molecule has 0 saturated carbocycles. The van der Waals surface area contributed by atoms with Crippen LogP contribution in [-0.2, 0) is 11.3 Å². The van der Waals surface area contributed by atoms with Crippen LogP contribution < -0.4 is 5.32 Å². The molecule has 0 unspecified atom stereocenters. The average molecular weight is 366 g/mol. The number of aromatic nitrogens is 2. The Bertz CT molecular complexity index is 891. The number of benzene rings is 1. The Morgan fingerprint density at radius 3 is 2.88 bits per heavy atom. The Kier molecular flexibility index (Phi) is 5.13. The van der Waals surface area contributed by atoms with Gasteiger partial charge in [-0.3, -0.25) is 14.1 Å². The molecule has 0 atom stereocenters. The van der Waals surface area contributed by atoms with E-state index in [0.717, 1.165) is 43.1 Å². The van der Waals surface area contributed by atoms with E-state index in [2.05, 4.69) is 39.5 Å². The zero-order valence-electron chi connectivity index (χ0n) is 14.5. The number of piperidine rings is 1. The number of thiazole rings is 1. The molecular formula is C20H22N4OS. The first-order valence-electron chi connectivity index (χ1n) is 8.93. The van der Waals surface area contributed by atoms with Crippen molar-refractivity contribution in [1.82, 2.24) is 19.6 Å². The number of hydrogen-bond donors (Lipinski definition) is 1. The van der Waals surface area contributed by atoms with Crippen molar-refractivity contribution in [3.8, 4) is 0 Å². The first-order valence-corrected chi connectivity index (χ1v) is 9.81. The van der Waals surface area contributed by atoms with Crippen LogP contribution in [0, 0.1) is 0 Å². The van der Waals surface area contributed by atoms with Gasteiger partial charge in [0.25, 0.3) is 0 Å². The fourth-order valence-corrected chi connectivity index (χ4v) is 4.05. The Labute approximate surface area is 157 Å². The number of likely N-dealkylation sites (tertiary alicyclic amines) is 1. The molecule has 134 valence electrons. The lowest BCUT2D eigenvalue weighted by Crippen LogP contribution is -2.43. The second-order valence-corrected chi connectivity index (χ2v) is 7.49. The Hall–Kier alpha value is -2.44. The molecule has 5 nitrogen and oxygen atoms in total. The van der Waals surface area contributed by atoms with Crippen LogP contribution in [-0.4, -0.2) is 39.3 Å². The molecule has 1 N–H and O–H groups in total. The van der Waals surface area contributed by atoms with Crippen molar-refractivity contribution < 1.29 is 4.79 Å². The molecule has 0 bridgehead atoms. The summed E-state index contributed by atoms with van der Waals surface area (Å²) in [7, 11) is 0. The zero-order chi connectivity index (χ0) is 17.8. The van der Waals surface area contributed by atoms with Crippen molar-refractivity contribution in [3.05, 3.63) is 65.4 Å². The highest BCUT2D eigenvalue weighted by molar-refractivity contribution is 7.15. The lowest BCUT2D eigenvalue weighted by molar-refractivity contribution is -0.117. The number of rotatable bonds is 5. The third-order valence-electron chi connectivity index (χ3n) is 4.76. The Balaban J connectivity index is 1.25. The Morgan fingerprint density at radius 1 is 1.27 bits per heavy atom. The van der Waals surface area contributed by atoms with Crippen molar-refractivity contribution in [1.29, 1.82) is 0 Å². The summed E-state index contributed by atoms with van der Waals surface area (Å²) in [5, 5.41) is 5.12. The summed E-state index contributed by atoms with van der Waals surface area (Å²) in [5.74, 6) is -0.0308. The number of carbonyl (C=O) groups is 1. The van der Waals surface area contributed by atoms with Crippen molar-refractivity contribution in [2.24, 2.45) is 0 Å². The molecule has 6 heteroatoms. The molecule has 1 fully saturated rings. The minimum Gasteiger partial charge on any atom is -0.350 e. The van der Waals surface area contributed by atoms with Gasteiger partial charge in [0.1, 0.15) is 0 Å². The van der Waals surface area contributed by atoms with Crippen molar-refractivity contribution in [2.75, 3.05) is 13.1 Å². The number of imidazole rings is 1. The average Bonchev–Trinajstić information content (AvgIpc) is 3.27. The van der Waals surface area contributed by atoms with Gasteiger partial charge in [-0.05, 0) is 24.5 Å². The number of nitrogens with zero attached hydrogens (tertiary/aromatic N) is 3. The monoisotopic (exact) mass is 366 g/mol. The van der Waals surface area contributed by atoms with Crippen molar-refractivity contribution in [2.45, 2.75) is 25.4 Å². The maximum Gasteiger partial charge on any atom is 0.244 e. The largest absolute Gasteiger partial charge is 0.350 e. The molecule has 1 aliphatic heterocycles. The molecule has 3 heterocycles. The number of hydrogen-bond acceptors (Lipinski definition) is 4. The van der Waals surface area contributed by atoms with Gasteiger partial charge in [0.15, 0.2) is 4.96 Å². The number of fused-ring (bicyclic) bond motifs is 1. The summed E-state index contributed by atoms with van der Waals surface area (Å²) in [5.41, 5.74) is 2.27. The quantitative estimate of drug-likeness (QED) is 0.706. The first-order chi connectivity index (χ1) is 12.8. The van der Waals surface area contributed by atoms with E-state index in [-0.39, 0.29) is 11.9 Å². The minimum atomic E-state index is -0.0308. The van der Waals surface area contributed by atoms with Gasteiger partial charge in [-0.1, -0.05) is 30.3 Å². The minimum absolute atomic E-state index is 0.0308. The van der Waals surface area contributed by atoms with E-state index in [4.69, 9.17) is 0 Å². The summed E-state index contributed by atoms with van der Waals surface area (Å²) < 4.78 is 1.98. The first kappa shape index (κ1) is 17.0. The molecule has 26 heavy (non-hydrogen) atoms. The third kappa shape index (κ3) is 4.03. The molecule has 1 saturated heterocycles. The van der Waals surface area contributed by atoms with Gasteiger partial charge in [-0.2, -0.15) is 0 Å². The van der Waals surface area contributed by atoms with E-state index < -0.39 is 0 Å². The number of nitrogens with one attached hydrogen (secondary N) is 1. The number of amides is 1. The molecule has 0 spiro atoms. The molecule has 3 aromatic rings. The van der Waals surface area contributed by atoms with Gasteiger partial charge in [0.2, 0.25) is 5.91 Å². The smallest absolute Gasteiger partial charge is 0.244 e. The van der Waals surface area contributed by atoms with E-state index >= 15 is 0 Å². The maximum absolute atomic E-state index is 12.2. The second kappa shape index (κ2) is 7.85. The van der Waals surface area contributed by atoms with Gasteiger partial charge in [0, 0.05) is 43.3 Å². The zero-order valence-corrected chi connectivity index (χ0v) is 15.4. The van der Waals surface area contributed by atoms with Crippen LogP contribution in [0.5, 0.6) is 0 Å². The topological polar surface area (TPSA) is 49.6 Å². The molecule has 4 rings (SSSR count). The predicted octanol–water partition coefficient (Wildman–Crippen LogP) is 3.19. The molecule has 0 radical (unpaired) electrons. The highest BCUT2D eigenvalue weighted by atomic mass is 32.1. The van der Waals surface area contributed by atoms with Crippen molar-refractivity contribution >= 4 is 28.3 Å². The predicted molar refractivity (Wildman–Crippen MR) is 105 cm³/mol. The van der Waals surface area contributed by atoms with Crippen LogP contribution in [0.2, 0.25) is 0 Å². The molecule has 0 aliphatic carbocycles. The van der Waals surface area contributed by atoms with Gasteiger partial charge in [-0.15, -0.1) is 11.3 Å². The summed E-state index contributed by atoms with van der Waals surface area (Å²) in [6.07, 6.45) is 9.18. The fourth-order valence-electron chi connectivity index (χ4n) is 3.36. The second-order valence-electron chi connectivity index (χ2n) is 6.62. The van der Waals surface area contributed by atoms with E-state index in [1.165, 1.54) is 5.56 Å². The van der Waals surface area contributed by atoms with Gasteiger partial charge in [0.05, 0.1) is 11.9 Å². The van der Waals surface area contributed by atoms with E-state index in [1.807, 2.05) is 28.1 Å². The highest BCUT2D eigenvalue weighted by Gasteiger charge is 2.20. The van der Waals surface area contributed by atoms with Crippen LogP contribution in [0.15, 0.2) is 54.2 Å². The van der Waals surface area contributed by atoms with Gasteiger partial charge < -0.3 is 5.32 Å². The maximum atomic E-state index is 12.2. The molecule has 1 aliphatic rings.